The van der Waals surface area contributed by atoms with Crippen LogP contribution in [0, 0.1) is 15.5 Å². The molecule has 128 valence electrons. The minimum absolute atomic E-state index is 0.0523. The molecule has 0 heterocycles. The lowest BCUT2D eigenvalue weighted by atomic mass is 9.82. The van der Waals surface area contributed by atoms with E-state index in [1.165, 1.54) is 25.0 Å². The van der Waals surface area contributed by atoms with Crippen molar-refractivity contribution in [3.8, 4) is 0 Å². The third kappa shape index (κ3) is 4.65. The summed E-state index contributed by atoms with van der Waals surface area (Å²) in [5, 5.41) is 19.2. The van der Waals surface area contributed by atoms with E-state index in [-0.39, 0.29) is 21.7 Å². The van der Waals surface area contributed by atoms with Gasteiger partial charge in [0.05, 0.1) is 10.6 Å². The highest BCUT2D eigenvalue weighted by atomic mass is 32.2. The Labute approximate surface area is 136 Å². The first-order valence-corrected chi connectivity index (χ1v) is 9.31. The molecule has 8 heteroatoms. The molecule has 1 aromatic rings. The molecule has 1 aliphatic rings. The van der Waals surface area contributed by atoms with Gasteiger partial charge in [0, 0.05) is 18.7 Å². The highest BCUT2D eigenvalue weighted by Gasteiger charge is 2.26. The Kier molecular flexibility index (Phi) is 5.26. The zero-order valence-electron chi connectivity index (χ0n) is 13.2. The molecule has 3 N–H and O–H groups in total. The number of primary sulfonamides is 1. The Balaban J connectivity index is 2.26. The number of nitrogens with one attached hydrogen (secondary N) is 1. The SMILES string of the molecule is CC1(CNc2cc([N+](=O)[O-])ccc2S(N)(=O)=O)CCCCCC1. The van der Waals surface area contributed by atoms with Crippen molar-refractivity contribution in [3.05, 3.63) is 28.3 Å². The van der Waals surface area contributed by atoms with Gasteiger partial charge in [-0.15, -0.1) is 0 Å². The molecule has 1 saturated carbocycles. The first-order valence-electron chi connectivity index (χ1n) is 7.76. The predicted octanol–water partition coefficient (Wildman–Crippen LogP) is 3.01. The van der Waals surface area contributed by atoms with Gasteiger partial charge in [-0.2, -0.15) is 0 Å². The summed E-state index contributed by atoms with van der Waals surface area (Å²) in [6, 6.07) is 3.57. The monoisotopic (exact) mass is 341 g/mol. The van der Waals surface area contributed by atoms with E-state index in [2.05, 4.69) is 12.2 Å². The van der Waals surface area contributed by atoms with Crippen molar-refractivity contribution in [1.29, 1.82) is 0 Å². The summed E-state index contributed by atoms with van der Waals surface area (Å²) in [7, 11) is -3.94. The molecule has 1 aliphatic carbocycles. The molecule has 0 unspecified atom stereocenters. The van der Waals surface area contributed by atoms with Crippen LogP contribution in [0.25, 0.3) is 0 Å². The van der Waals surface area contributed by atoms with E-state index >= 15 is 0 Å². The van der Waals surface area contributed by atoms with Gasteiger partial charge in [-0.05, 0) is 24.3 Å². The van der Waals surface area contributed by atoms with Crippen LogP contribution in [-0.4, -0.2) is 19.9 Å². The maximum absolute atomic E-state index is 11.7. The van der Waals surface area contributed by atoms with E-state index in [1.54, 1.807) is 0 Å². The van der Waals surface area contributed by atoms with Crippen LogP contribution in [0.15, 0.2) is 23.1 Å². The van der Waals surface area contributed by atoms with Crippen LogP contribution in [0.5, 0.6) is 0 Å². The summed E-state index contributed by atoms with van der Waals surface area (Å²) in [6.45, 7) is 2.73. The van der Waals surface area contributed by atoms with Crippen molar-refractivity contribution >= 4 is 21.4 Å². The first-order chi connectivity index (χ1) is 10.7. The fourth-order valence-corrected chi connectivity index (χ4v) is 3.78. The number of nitro benzene ring substituents is 1. The zero-order chi connectivity index (χ0) is 17.1. The minimum atomic E-state index is -3.94. The van der Waals surface area contributed by atoms with E-state index in [4.69, 9.17) is 5.14 Å². The van der Waals surface area contributed by atoms with Crippen molar-refractivity contribution < 1.29 is 13.3 Å². The molecule has 0 radical (unpaired) electrons. The molecule has 0 saturated heterocycles. The van der Waals surface area contributed by atoms with Crippen molar-refractivity contribution in [3.63, 3.8) is 0 Å². The summed E-state index contributed by atoms with van der Waals surface area (Å²) in [5.74, 6) is 0. The van der Waals surface area contributed by atoms with Gasteiger partial charge in [0.1, 0.15) is 4.90 Å². The van der Waals surface area contributed by atoms with Gasteiger partial charge in [0.2, 0.25) is 10.0 Å². The second kappa shape index (κ2) is 6.84. The molecule has 0 aliphatic heterocycles. The molecule has 0 aromatic heterocycles. The minimum Gasteiger partial charge on any atom is -0.383 e. The van der Waals surface area contributed by atoms with Crippen LogP contribution in [0.1, 0.15) is 45.4 Å². The van der Waals surface area contributed by atoms with Crippen LogP contribution in [0.3, 0.4) is 0 Å². The molecule has 23 heavy (non-hydrogen) atoms. The first kappa shape index (κ1) is 17.7. The Hall–Kier alpha value is -1.67. The van der Waals surface area contributed by atoms with Crippen molar-refractivity contribution in [1.82, 2.24) is 0 Å². The molecular formula is C15H23N3O4S. The Morgan fingerprint density at radius 3 is 2.39 bits per heavy atom. The Morgan fingerprint density at radius 2 is 1.87 bits per heavy atom. The van der Waals surface area contributed by atoms with Crippen LogP contribution < -0.4 is 10.5 Å². The maximum atomic E-state index is 11.7. The van der Waals surface area contributed by atoms with Gasteiger partial charge in [0.15, 0.2) is 0 Å². The third-order valence-corrected chi connectivity index (χ3v) is 5.47. The average Bonchev–Trinajstić information content (AvgIpc) is 2.69. The van der Waals surface area contributed by atoms with Gasteiger partial charge < -0.3 is 5.32 Å². The van der Waals surface area contributed by atoms with Crippen LogP contribution in [0.4, 0.5) is 11.4 Å². The van der Waals surface area contributed by atoms with Gasteiger partial charge in [-0.25, -0.2) is 13.6 Å². The smallest absolute Gasteiger partial charge is 0.271 e. The number of nitrogens with zero attached hydrogens (tertiary/aromatic N) is 1. The number of rotatable bonds is 5. The number of non-ortho nitro benzene ring substituents is 1. The van der Waals surface area contributed by atoms with Crippen LogP contribution in [0.2, 0.25) is 0 Å². The molecule has 0 atom stereocenters. The molecular weight excluding hydrogens is 318 g/mol. The van der Waals surface area contributed by atoms with Crippen LogP contribution in [-0.2, 0) is 10.0 Å². The lowest BCUT2D eigenvalue weighted by molar-refractivity contribution is -0.384. The summed E-state index contributed by atoms with van der Waals surface area (Å²) in [5.41, 5.74) is 0.0922. The molecule has 2 rings (SSSR count). The number of benzene rings is 1. The van der Waals surface area contributed by atoms with Gasteiger partial charge in [-0.3, -0.25) is 10.1 Å². The second-order valence-electron chi connectivity index (χ2n) is 6.56. The molecule has 0 amide bonds. The fourth-order valence-electron chi connectivity index (χ4n) is 3.09. The number of hydrogen-bond acceptors (Lipinski definition) is 5. The summed E-state index contributed by atoms with van der Waals surface area (Å²) in [4.78, 5) is 10.3. The highest BCUT2D eigenvalue weighted by Crippen LogP contribution is 2.35. The van der Waals surface area contributed by atoms with Crippen LogP contribution >= 0.6 is 0 Å². The predicted molar refractivity (Wildman–Crippen MR) is 88.8 cm³/mol. The standard InChI is InChI=1S/C15H23N3O4S/c1-15(8-4-2-3-5-9-15)11-17-13-10-12(18(19)20)6-7-14(13)23(16,21)22/h6-7,10,17H,2-5,8-9,11H2,1H3,(H2,16,21,22). The normalized spacial score (nSPS) is 18.2. The van der Waals surface area contributed by atoms with E-state index in [1.807, 2.05) is 0 Å². The quantitative estimate of drug-likeness (QED) is 0.485. The van der Waals surface area contributed by atoms with Gasteiger partial charge >= 0.3 is 0 Å². The summed E-state index contributed by atoms with van der Waals surface area (Å²) < 4.78 is 23.4. The largest absolute Gasteiger partial charge is 0.383 e. The average molecular weight is 341 g/mol. The lowest BCUT2D eigenvalue weighted by Gasteiger charge is -2.29. The van der Waals surface area contributed by atoms with Crippen molar-refractivity contribution in [2.24, 2.45) is 10.6 Å². The fraction of sp³-hybridized carbons (Fsp3) is 0.600. The summed E-state index contributed by atoms with van der Waals surface area (Å²) >= 11 is 0. The van der Waals surface area contributed by atoms with Crippen molar-refractivity contribution in [2.45, 2.75) is 50.3 Å². The van der Waals surface area contributed by atoms with Gasteiger partial charge in [0.25, 0.3) is 5.69 Å². The number of sulfonamides is 1. The Bertz CT molecular complexity index is 680. The zero-order valence-corrected chi connectivity index (χ0v) is 14.1. The number of nitro groups is 1. The molecule has 1 aromatic carbocycles. The van der Waals surface area contributed by atoms with E-state index in [0.29, 0.717) is 6.54 Å². The van der Waals surface area contributed by atoms with Gasteiger partial charge in [-0.1, -0.05) is 32.6 Å². The van der Waals surface area contributed by atoms with Crippen molar-refractivity contribution in [2.75, 3.05) is 11.9 Å². The van der Waals surface area contributed by atoms with E-state index < -0.39 is 14.9 Å². The summed E-state index contributed by atoms with van der Waals surface area (Å²) in [6.07, 6.45) is 6.84. The second-order valence-corrected chi connectivity index (χ2v) is 8.09. The maximum Gasteiger partial charge on any atom is 0.271 e. The topological polar surface area (TPSA) is 115 Å². The molecule has 7 nitrogen and oxygen atoms in total. The number of anilines is 1. The third-order valence-electron chi connectivity index (χ3n) is 4.50. The number of nitrogens with two attached hydrogens (primary N) is 1. The van der Waals surface area contributed by atoms with E-state index in [0.717, 1.165) is 31.7 Å². The van der Waals surface area contributed by atoms with E-state index in [9.17, 15) is 18.5 Å². The molecule has 0 spiro atoms. The lowest BCUT2D eigenvalue weighted by Crippen LogP contribution is -2.27. The number of hydrogen-bond donors (Lipinski definition) is 2. The molecule has 1 fully saturated rings. The highest BCUT2D eigenvalue weighted by molar-refractivity contribution is 7.89. The Morgan fingerprint density at radius 1 is 1.26 bits per heavy atom. The molecule has 0 bridgehead atoms.